The van der Waals surface area contributed by atoms with Gasteiger partial charge < -0.3 is 25.4 Å². The zero-order valence-corrected chi connectivity index (χ0v) is 33.1. The number of benzene rings is 2. The number of amides is 3. The molecule has 5 rings (SSSR count). The number of rotatable bonds is 16. The van der Waals surface area contributed by atoms with Crippen molar-refractivity contribution in [2.45, 2.75) is 98.1 Å². The maximum absolute atomic E-state index is 13.9. The highest BCUT2D eigenvalue weighted by Crippen LogP contribution is 2.39. The van der Waals surface area contributed by atoms with E-state index in [1.165, 1.54) is 16.9 Å². The molecule has 0 saturated carbocycles. The quantitative estimate of drug-likeness (QED) is 0.136. The number of hydrogen-bond acceptors (Lipinski definition) is 7. The summed E-state index contributed by atoms with van der Waals surface area (Å²) >= 11 is 1.48. The Bertz CT molecular complexity index is 1720. The van der Waals surface area contributed by atoms with Crippen molar-refractivity contribution < 1.29 is 29.0 Å². The third-order valence-corrected chi connectivity index (χ3v) is 11.7. The second kappa shape index (κ2) is 19.5. The van der Waals surface area contributed by atoms with Crippen LogP contribution in [-0.4, -0.2) is 77.5 Å². The van der Waals surface area contributed by atoms with Crippen molar-refractivity contribution in [3.63, 3.8) is 0 Å². The Hall–Kier alpha value is -3.77. The van der Waals surface area contributed by atoms with Gasteiger partial charge in [0, 0.05) is 54.8 Å². The molecule has 2 aromatic carbocycles. The number of ether oxygens (including phenoxy) is 1. The van der Waals surface area contributed by atoms with Crippen LogP contribution in [0.1, 0.15) is 109 Å². The van der Waals surface area contributed by atoms with Crippen LogP contribution in [0, 0.1) is 5.41 Å². The molecule has 0 spiro atoms. The molecular formula is C41H55ClN4O6S. The normalized spacial score (nSPS) is 14.6. The molecule has 2 aliphatic rings. The molecule has 1 saturated heterocycles. The highest BCUT2D eigenvalue weighted by molar-refractivity contribution is 7.17. The fourth-order valence-electron chi connectivity index (χ4n) is 6.96. The van der Waals surface area contributed by atoms with Gasteiger partial charge in [0.2, 0.25) is 5.91 Å². The Morgan fingerprint density at radius 2 is 1.64 bits per heavy atom. The predicted molar refractivity (Wildman–Crippen MR) is 214 cm³/mol. The second-order valence-corrected chi connectivity index (χ2v) is 15.7. The Labute approximate surface area is 324 Å². The standard InChI is InChI=1S/C41H54N4O6S.ClH/c1-5-32(6-2)45(35(46)18-20-41(3,4)40(49)50)27-29-10-9-11-30(26-29)37(47)43-39-36(33-12-7-8-13-34(33)52-39)38(48)42-31-16-14-28(15-17-31)19-21-44-22-24-51-25-23-44;/h9-11,14-17,26,32H,5-8,12-13,18-25,27H2,1-4H3,(H,42,48)(H,43,47)(H,49,50);1H. The molecule has 1 aliphatic heterocycles. The van der Waals surface area contributed by atoms with E-state index in [2.05, 4.69) is 27.7 Å². The highest BCUT2D eigenvalue weighted by Gasteiger charge is 2.31. The molecule has 53 heavy (non-hydrogen) atoms. The van der Waals surface area contributed by atoms with Crippen LogP contribution >= 0.6 is 23.7 Å². The zero-order valence-electron chi connectivity index (χ0n) is 31.5. The Kier molecular flexibility index (Phi) is 15.5. The molecule has 1 fully saturated rings. The Morgan fingerprint density at radius 1 is 0.943 bits per heavy atom. The topological polar surface area (TPSA) is 128 Å². The van der Waals surface area contributed by atoms with E-state index in [4.69, 9.17) is 4.74 Å². The van der Waals surface area contributed by atoms with E-state index in [0.717, 1.165) is 93.8 Å². The van der Waals surface area contributed by atoms with Crippen molar-refractivity contribution in [1.29, 1.82) is 0 Å². The fraction of sp³-hybridized carbons (Fsp3) is 0.512. The van der Waals surface area contributed by atoms with E-state index in [1.54, 1.807) is 26.0 Å². The molecule has 3 amide bonds. The summed E-state index contributed by atoms with van der Waals surface area (Å²) in [5.74, 6) is -1.57. The summed E-state index contributed by atoms with van der Waals surface area (Å²) in [5.41, 5.74) is 3.72. The molecule has 2 heterocycles. The van der Waals surface area contributed by atoms with Crippen LogP contribution < -0.4 is 10.6 Å². The number of anilines is 2. The first-order valence-corrected chi connectivity index (χ1v) is 19.6. The van der Waals surface area contributed by atoms with Crippen molar-refractivity contribution in [2.24, 2.45) is 5.41 Å². The molecule has 12 heteroatoms. The van der Waals surface area contributed by atoms with E-state index in [0.29, 0.717) is 28.4 Å². The second-order valence-electron chi connectivity index (χ2n) is 14.6. The van der Waals surface area contributed by atoms with Gasteiger partial charge in [0.25, 0.3) is 11.8 Å². The molecular weight excluding hydrogens is 712 g/mol. The number of morpholine rings is 1. The highest BCUT2D eigenvalue weighted by atomic mass is 35.5. The summed E-state index contributed by atoms with van der Waals surface area (Å²) in [6, 6.07) is 15.2. The van der Waals surface area contributed by atoms with Gasteiger partial charge in [-0.1, -0.05) is 38.1 Å². The molecule has 3 N–H and O–H groups in total. The summed E-state index contributed by atoms with van der Waals surface area (Å²) < 4.78 is 5.45. The van der Waals surface area contributed by atoms with Gasteiger partial charge in [0.15, 0.2) is 0 Å². The summed E-state index contributed by atoms with van der Waals surface area (Å²) in [4.78, 5) is 58.2. The number of hydrogen-bond donors (Lipinski definition) is 3. The lowest BCUT2D eigenvalue weighted by Crippen LogP contribution is -2.40. The molecule has 0 unspecified atom stereocenters. The number of halogens is 1. The number of carboxylic acid groups (broad SMARTS) is 1. The third kappa shape index (κ3) is 11.1. The van der Waals surface area contributed by atoms with Gasteiger partial charge in [-0.15, -0.1) is 23.7 Å². The number of nitrogens with zero attached hydrogens (tertiary/aromatic N) is 2. The van der Waals surface area contributed by atoms with Crippen molar-refractivity contribution in [3.05, 3.63) is 81.2 Å². The molecule has 1 aromatic heterocycles. The summed E-state index contributed by atoms with van der Waals surface area (Å²) in [6.07, 6.45) is 6.55. The van der Waals surface area contributed by atoms with E-state index < -0.39 is 11.4 Å². The Morgan fingerprint density at radius 3 is 2.32 bits per heavy atom. The third-order valence-electron chi connectivity index (χ3n) is 10.4. The van der Waals surface area contributed by atoms with E-state index in [1.807, 2.05) is 43.0 Å². The number of aryl methyl sites for hydroxylation is 1. The number of nitrogens with one attached hydrogen (secondary N) is 2. The maximum Gasteiger partial charge on any atom is 0.309 e. The molecule has 0 bridgehead atoms. The molecule has 10 nitrogen and oxygen atoms in total. The molecule has 1 aliphatic carbocycles. The minimum atomic E-state index is -1.00. The average molecular weight is 767 g/mol. The van der Waals surface area contributed by atoms with Crippen LogP contribution in [-0.2, 0) is 40.1 Å². The van der Waals surface area contributed by atoms with Crippen molar-refractivity contribution in [1.82, 2.24) is 9.80 Å². The van der Waals surface area contributed by atoms with E-state index in [-0.39, 0.29) is 49.0 Å². The minimum absolute atomic E-state index is 0. The molecule has 3 aromatic rings. The van der Waals surface area contributed by atoms with Crippen LogP contribution in [0.2, 0.25) is 0 Å². The average Bonchev–Trinajstić information content (AvgIpc) is 3.52. The van der Waals surface area contributed by atoms with Crippen molar-refractivity contribution >= 4 is 58.1 Å². The van der Waals surface area contributed by atoms with Gasteiger partial charge in [-0.05, 0) is 106 Å². The number of fused-ring (bicyclic) bond motifs is 1. The lowest BCUT2D eigenvalue weighted by Gasteiger charge is -2.32. The predicted octanol–water partition coefficient (Wildman–Crippen LogP) is 7.84. The van der Waals surface area contributed by atoms with Crippen LogP contribution in [0.3, 0.4) is 0 Å². The summed E-state index contributed by atoms with van der Waals surface area (Å²) in [5, 5.41) is 16.3. The molecule has 0 atom stereocenters. The molecule has 288 valence electrons. The fourth-order valence-corrected chi connectivity index (χ4v) is 8.24. The van der Waals surface area contributed by atoms with Crippen LogP contribution in [0.5, 0.6) is 0 Å². The van der Waals surface area contributed by atoms with Gasteiger partial charge >= 0.3 is 5.97 Å². The van der Waals surface area contributed by atoms with Crippen LogP contribution in [0.4, 0.5) is 10.7 Å². The van der Waals surface area contributed by atoms with Crippen molar-refractivity contribution in [3.8, 4) is 0 Å². The van der Waals surface area contributed by atoms with Gasteiger partial charge in [-0.25, -0.2) is 0 Å². The van der Waals surface area contributed by atoms with Crippen molar-refractivity contribution in [2.75, 3.05) is 43.5 Å². The maximum atomic E-state index is 13.9. The number of carboxylic acids is 1. The Balaban J connectivity index is 0.00000627. The van der Waals surface area contributed by atoms with Gasteiger partial charge in [-0.2, -0.15) is 0 Å². The number of thiophene rings is 1. The first-order chi connectivity index (χ1) is 25.0. The number of carbonyl (C=O) groups is 4. The lowest BCUT2D eigenvalue weighted by molar-refractivity contribution is -0.148. The van der Waals surface area contributed by atoms with Gasteiger partial charge in [0.1, 0.15) is 5.00 Å². The first kappa shape index (κ1) is 42.0. The minimum Gasteiger partial charge on any atom is -0.481 e. The summed E-state index contributed by atoms with van der Waals surface area (Å²) in [6.45, 7) is 12.1. The van der Waals surface area contributed by atoms with Crippen LogP contribution in [0.25, 0.3) is 0 Å². The van der Waals surface area contributed by atoms with Gasteiger partial charge in [-0.3, -0.25) is 24.1 Å². The molecule has 0 radical (unpaired) electrons. The zero-order chi connectivity index (χ0) is 37.3. The van der Waals surface area contributed by atoms with E-state index >= 15 is 0 Å². The van der Waals surface area contributed by atoms with Gasteiger partial charge in [0.05, 0.1) is 24.2 Å². The van der Waals surface area contributed by atoms with Crippen LogP contribution in [0.15, 0.2) is 48.5 Å². The lowest BCUT2D eigenvalue weighted by atomic mass is 9.87. The smallest absolute Gasteiger partial charge is 0.309 e. The van der Waals surface area contributed by atoms with E-state index in [9.17, 15) is 24.3 Å². The number of carbonyl (C=O) groups excluding carboxylic acids is 3. The SMILES string of the molecule is CCC(CC)N(Cc1cccc(C(=O)Nc2sc3c(c2C(=O)Nc2ccc(CCN4CCOCC4)cc2)CCCC3)c1)C(=O)CCC(C)(C)C(=O)O.Cl. The first-order valence-electron chi connectivity index (χ1n) is 18.8. The summed E-state index contributed by atoms with van der Waals surface area (Å²) in [7, 11) is 0. The monoisotopic (exact) mass is 766 g/mol. The number of aliphatic carboxylic acids is 1. The largest absolute Gasteiger partial charge is 0.481 e.